The van der Waals surface area contributed by atoms with Gasteiger partial charge in [-0.2, -0.15) is 0 Å². The molecule has 1 aromatic carbocycles. The third kappa shape index (κ3) is 4.17. The SMILES string of the molecule is COCc1ccc(C2CCC(C/C=C/F)CC2)cc1. The molecule has 0 saturated heterocycles. The van der Waals surface area contributed by atoms with Crippen molar-refractivity contribution in [2.45, 2.75) is 44.6 Å². The van der Waals surface area contributed by atoms with Crippen LogP contribution in [0.3, 0.4) is 0 Å². The molecule has 1 nitrogen and oxygen atoms in total. The lowest BCUT2D eigenvalue weighted by Gasteiger charge is -2.28. The van der Waals surface area contributed by atoms with E-state index in [1.807, 2.05) is 0 Å². The van der Waals surface area contributed by atoms with Crippen LogP contribution in [0.15, 0.2) is 36.7 Å². The summed E-state index contributed by atoms with van der Waals surface area (Å²) >= 11 is 0. The third-order valence-electron chi connectivity index (χ3n) is 4.17. The summed E-state index contributed by atoms with van der Waals surface area (Å²) in [6, 6.07) is 8.80. The van der Waals surface area contributed by atoms with Gasteiger partial charge >= 0.3 is 0 Å². The second kappa shape index (κ2) is 7.44. The van der Waals surface area contributed by atoms with Gasteiger partial charge in [-0.15, -0.1) is 0 Å². The number of hydrogen-bond donors (Lipinski definition) is 0. The first-order valence-corrected chi connectivity index (χ1v) is 7.16. The molecule has 19 heavy (non-hydrogen) atoms. The van der Waals surface area contributed by atoms with Gasteiger partial charge in [-0.3, -0.25) is 0 Å². The van der Waals surface area contributed by atoms with Gasteiger partial charge in [0.1, 0.15) is 0 Å². The van der Waals surface area contributed by atoms with Crippen LogP contribution in [0.5, 0.6) is 0 Å². The van der Waals surface area contributed by atoms with Crippen molar-refractivity contribution in [1.29, 1.82) is 0 Å². The fourth-order valence-corrected chi connectivity index (χ4v) is 3.03. The zero-order valence-electron chi connectivity index (χ0n) is 11.6. The number of halogens is 1. The van der Waals surface area contributed by atoms with E-state index in [9.17, 15) is 4.39 Å². The first-order chi connectivity index (χ1) is 9.33. The lowest BCUT2D eigenvalue weighted by atomic mass is 9.77. The molecule has 0 spiro atoms. The summed E-state index contributed by atoms with van der Waals surface area (Å²) in [4.78, 5) is 0. The van der Waals surface area contributed by atoms with Crippen LogP contribution in [0.4, 0.5) is 4.39 Å². The molecule has 0 aliphatic heterocycles. The average molecular weight is 262 g/mol. The molecule has 1 aromatic rings. The highest BCUT2D eigenvalue weighted by Gasteiger charge is 2.21. The predicted molar refractivity (Wildman–Crippen MR) is 76.7 cm³/mol. The Labute approximate surface area is 115 Å². The number of allylic oxidation sites excluding steroid dienone is 1. The summed E-state index contributed by atoms with van der Waals surface area (Å²) < 4.78 is 17.1. The van der Waals surface area contributed by atoms with Crippen LogP contribution >= 0.6 is 0 Å². The minimum atomic E-state index is 0.677. The average Bonchev–Trinajstić information content (AvgIpc) is 2.47. The number of rotatable bonds is 5. The molecule has 2 rings (SSSR count). The quantitative estimate of drug-likeness (QED) is 0.727. The summed E-state index contributed by atoms with van der Waals surface area (Å²) in [7, 11) is 1.72. The molecule has 0 amide bonds. The minimum absolute atomic E-state index is 0.677. The molecule has 1 fully saturated rings. The monoisotopic (exact) mass is 262 g/mol. The van der Waals surface area contributed by atoms with Gasteiger partial charge in [-0.25, -0.2) is 4.39 Å². The fourth-order valence-electron chi connectivity index (χ4n) is 3.03. The van der Waals surface area contributed by atoms with Crippen LogP contribution < -0.4 is 0 Å². The van der Waals surface area contributed by atoms with E-state index in [-0.39, 0.29) is 0 Å². The summed E-state index contributed by atoms with van der Waals surface area (Å²) in [6.07, 6.45) is 8.13. The van der Waals surface area contributed by atoms with Crippen molar-refractivity contribution in [2.24, 2.45) is 5.92 Å². The van der Waals surface area contributed by atoms with Crippen molar-refractivity contribution in [2.75, 3.05) is 7.11 Å². The van der Waals surface area contributed by atoms with E-state index in [0.29, 0.717) is 24.8 Å². The molecule has 0 aromatic heterocycles. The molecule has 0 heterocycles. The van der Waals surface area contributed by atoms with Gasteiger partial charge in [-0.1, -0.05) is 30.3 Å². The van der Waals surface area contributed by atoms with E-state index < -0.39 is 0 Å². The molecule has 0 radical (unpaired) electrons. The van der Waals surface area contributed by atoms with Crippen molar-refractivity contribution in [3.63, 3.8) is 0 Å². The standard InChI is InChI=1S/C17H23FO/c1-19-13-15-6-10-17(11-7-15)16-8-4-14(5-9-16)3-2-12-18/h2,6-7,10-12,14,16H,3-5,8-9,13H2,1H3/b12-2+. The Morgan fingerprint density at radius 1 is 1.16 bits per heavy atom. The van der Waals surface area contributed by atoms with Gasteiger partial charge in [0.25, 0.3) is 0 Å². The zero-order chi connectivity index (χ0) is 13.5. The number of ether oxygens (including phenoxy) is 1. The van der Waals surface area contributed by atoms with Crippen molar-refractivity contribution in [1.82, 2.24) is 0 Å². The van der Waals surface area contributed by atoms with Crippen LogP contribution in [-0.2, 0) is 11.3 Å². The summed E-state index contributed by atoms with van der Waals surface area (Å²) in [5.41, 5.74) is 2.67. The number of hydrogen-bond acceptors (Lipinski definition) is 1. The van der Waals surface area contributed by atoms with E-state index in [1.54, 1.807) is 13.2 Å². The lowest BCUT2D eigenvalue weighted by Crippen LogP contribution is -2.12. The maximum Gasteiger partial charge on any atom is 0.0827 e. The molecule has 0 atom stereocenters. The van der Waals surface area contributed by atoms with Crippen molar-refractivity contribution in [3.8, 4) is 0 Å². The van der Waals surface area contributed by atoms with Crippen LogP contribution in [0, 0.1) is 5.92 Å². The Hall–Kier alpha value is -1.15. The normalized spacial score (nSPS) is 23.9. The van der Waals surface area contributed by atoms with Crippen molar-refractivity contribution in [3.05, 3.63) is 47.8 Å². The topological polar surface area (TPSA) is 9.23 Å². The van der Waals surface area contributed by atoms with Gasteiger partial charge < -0.3 is 4.74 Å². The highest BCUT2D eigenvalue weighted by molar-refractivity contribution is 5.25. The van der Waals surface area contributed by atoms with E-state index >= 15 is 0 Å². The first-order valence-electron chi connectivity index (χ1n) is 7.16. The van der Waals surface area contributed by atoms with E-state index in [4.69, 9.17) is 4.74 Å². The molecule has 0 unspecified atom stereocenters. The highest BCUT2D eigenvalue weighted by Crippen LogP contribution is 2.37. The molecule has 1 aliphatic carbocycles. The van der Waals surface area contributed by atoms with Gasteiger partial charge in [-0.05, 0) is 55.1 Å². The minimum Gasteiger partial charge on any atom is -0.380 e. The Balaban J connectivity index is 1.86. The van der Waals surface area contributed by atoms with Crippen LogP contribution in [0.1, 0.15) is 49.1 Å². The van der Waals surface area contributed by atoms with E-state index in [0.717, 1.165) is 6.42 Å². The first kappa shape index (κ1) is 14.3. The zero-order valence-corrected chi connectivity index (χ0v) is 11.6. The lowest BCUT2D eigenvalue weighted by molar-refractivity contribution is 0.185. The number of methoxy groups -OCH3 is 1. The van der Waals surface area contributed by atoms with Gasteiger partial charge in [0, 0.05) is 7.11 Å². The van der Waals surface area contributed by atoms with Crippen LogP contribution in [0.25, 0.3) is 0 Å². The maximum atomic E-state index is 12.0. The maximum absolute atomic E-state index is 12.0. The Morgan fingerprint density at radius 2 is 1.84 bits per heavy atom. The van der Waals surface area contributed by atoms with Gasteiger partial charge in [0.2, 0.25) is 0 Å². The summed E-state index contributed by atoms with van der Waals surface area (Å²) in [6.45, 7) is 0.683. The predicted octanol–water partition coefficient (Wildman–Crippen LogP) is 4.98. The Morgan fingerprint density at radius 3 is 2.42 bits per heavy atom. The molecule has 2 heteroatoms. The molecule has 1 aliphatic rings. The Kier molecular flexibility index (Phi) is 5.59. The summed E-state index contributed by atoms with van der Waals surface area (Å²) in [5, 5.41) is 0. The van der Waals surface area contributed by atoms with Gasteiger partial charge in [0.15, 0.2) is 0 Å². The molecule has 0 bridgehead atoms. The molecular formula is C17H23FO. The Bertz CT molecular complexity index is 388. The summed E-state index contributed by atoms with van der Waals surface area (Å²) in [5.74, 6) is 1.36. The van der Waals surface area contributed by atoms with Crippen molar-refractivity contribution >= 4 is 0 Å². The van der Waals surface area contributed by atoms with Crippen LogP contribution in [0.2, 0.25) is 0 Å². The highest BCUT2D eigenvalue weighted by atomic mass is 19.1. The van der Waals surface area contributed by atoms with Crippen molar-refractivity contribution < 1.29 is 9.13 Å². The van der Waals surface area contributed by atoms with Crippen LogP contribution in [-0.4, -0.2) is 7.11 Å². The second-order valence-electron chi connectivity index (χ2n) is 5.49. The second-order valence-corrected chi connectivity index (χ2v) is 5.49. The molecule has 104 valence electrons. The third-order valence-corrected chi connectivity index (χ3v) is 4.17. The van der Waals surface area contributed by atoms with E-state index in [1.165, 1.54) is 36.8 Å². The molecular weight excluding hydrogens is 239 g/mol. The smallest absolute Gasteiger partial charge is 0.0827 e. The molecule has 0 N–H and O–H groups in total. The fraction of sp³-hybridized carbons (Fsp3) is 0.529. The van der Waals surface area contributed by atoms with Gasteiger partial charge in [0.05, 0.1) is 12.9 Å². The van der Waals surface area contributed by atoms with E-state index in [2.05, 4.69) is 24.3 Å². The molecule has 1 saturated carbocycles. The number of benzene rings is 1. The largest absolute Gasteiger partial charge is 0.380 e.